The van der Waals surface area contributed by atoms with E-state index in [-0.39, 0.29) is 5.54 Å². The van der Waals surface area contributed by atoms with Crippen LogP contribution >= 0.6 is 23.6 Å². The third-order valence-electron chi connectivity index (χ3n) is 2.88. The molecular formula is C12H17N3S2. The van der Waals surface area contributed by atoms with Gasteiger partial charge in [0, 0.05) is 5.54 Å². The highest BCUT2D eigenvalue weighted by molar-refractivity contribution is 7.71. The van der Waals surface area contributed by atoms with E-state index < -0.39 is 0 Å². The second-order valence-corrected chi connectivity index (χ2v) is 6.06. The van der Waals surface area contributed by atoms with Gasteiger partial charge in [0.2, 0.25) is 0 Å². The van der Waals surface area contributed by atoms with Crippen molar-refractivity contribution in [2.45, 2.75) is 39.2 Å². The average Bonchev–Trinajstić information content (AvgIpc) is 2.85. The fraction of sp³-hybridized carbons (Fsp3) is 0.500. The summed E-state index contributed by atoms with van der Waals surface area (Å²) >= 11 is 7.05. The average molecular weight is 267 g/mol. The van der Waals surface area contributed by atoms with E-state index in [1.807, 2.05) is 6.07 Å². The first kappa shape index (κ1) is 12.5. The standard InChI is InChI=1S/C12H17N3S2/c1-4-7-12(2,3)15-10(13-14-11(15)16)9-6-5-8-17-9/h5-6,8H,4,7H2,1-3H3,(H,14,16). The zero-order valence-corrected chi connectivity index (χ0v) is 12.0. The predicted molar refractivity (Wildman–Crippen MR) is 75.0 cm³/mol. The van der Waals surface area contributed by atoms with Crippen molar-refractivity contribution >= 4 is 23.6 Å². The number of aromatic amines is 1. The van der Waals surface area contributed by atoms with Gasteiger partial charge in [-0.25, -0.2) is 0 Å². The number of aromatic nitrogens is 3. The molecule has 0 saturated carbocycles. The maximum Gasteiger partial charge on any atom is 0.195 e. The molecule has 0 aliphatic carbocycles. The van der Waals surface area contributed by atoms with E-state index in [4.69, 9.17) is 12.2 Å². The molecule has 5 heteroatoms. The number of nitrogens with zero attached hydrogens (tertiary/aromatic N) is 2. The molecule has 0 atom stereocenters. The van der Waals surface area contributed by atoms with Crippen molar-refractivity contribution in [2.24, 2.45) is 0 Å². The minimum atomic E-state index is -0.00183. The molecule has 0 aromatic carbocycles. The minimum Gasteiger partial charge on any atom is -0.294 e. The van der Waals surface area contributed by atoms with Gasteiger partial charge in [0.1, 0.15) is 0 Å². The van der Waals surface area contributed by atoms with Crippen molar-refractivity contribution < 1.29 is 0 Å². The molecule has 0 amide bonds. The maximum absolute atomic E-state index is 5.36. The van der Waals surface area contributed by atoms with Crippen LogP contribution in [0.5, 0.6) is 0 Å². The van der Waals surface area contributed by atoms with E-state index in [1.165, 1.54) is 0 Å². The van der Waals surface area contributed by atoms with Crippen LogP contribution in [0.4, 0.5) is 0 Å². The van der Waals surface area contributed by atoms with Crippen LogP contribution < -0.4 is 0 Å². The van der Waals surface area contributed by atoms with Crippen molar-refractivity contribution in [2.75, 3.05) is 0 Å². The third-order valence-corrected chi connectivity index (χ3v) is 4.02. The van der Waals surface area contributed by atoms with Crippen LogP contribution in [0.15, 0.2) is 17.5 Å². The predicted octanol–water partition coefficient (Wildman–Crippen LogP) is 4.20. The Hall–Kier alpha value is -0.940. The number of H-pyrrole nitrogens is 1. The molecule has 2 rings (SSSR count). The van der Waals surface area contributed by atoms with E-state index in [9.17, 15) is 0 Å². The molecule has 0 aliphatic heterocycles. The Labute approximate surface area is 111 Å². The lowest BCUT2D eigenvalue weighted by Gasteiger charge is -2.27. The molecule has 0 fully saturated rings. The van der Waals surface area contributed by atoms with Crippen LogP contribution in [-0.2, 0) is 5.54 Å². The van der Waals surface area contributed by atoms with Crippen molar-refractivity contribution in [3.05, 3.63) is 22.3 Å². The summed E-state index contributed by atoms with van der Waals surface area (Å²) in [5, 5.41) is 9.34. The summed E-state index contributed by atoms with van der Waals surface area (Å²) in [6.07, 6.45) is 2.21. The summed E-state index contributed by atoms with van der Waals surface area (Å²) < 4.78 is 2.84. The van der Waals surface area contributed by atoms with E-state index in [0.29, 0.717) is 4.77 Å². The Morgan fingerprint density at radius 2 is 2.29 bits per heavy atom. The second-order valence-electron chi connectivity index (χ2n) is 4.73. The van der Waals surface area contributed by atoms with Crippen molar-refractivity contribution in [1.82, 2.24) is 14.8 Å². The summed E-state index contributed by atoms with van der Waals surface area (Å²) in [7, 11) is 0. The fourth-order valence-electron chi connectivity index (χ4n) is 2.15. The molecule has 0 aliphatic rings. The van der Waals surface area contributed by atoms with Crippen LogP contribution in [-0.4, -0.2) is 14.8 Å². The van der Waals surface area contributed by atoms with Crippen molar-refractivity contribution in [3.8, 4) is 10.7 Å². The van der Waals surface area contributed by atoms with E-state index >= 15 is 0 Å². The fourth-order valence-corrected chi connectivity index (χ4v) is 3.24. The van der Waals surface area contributed by atoms with Crippen LogP contribution in [0.2, 0.25) is 0 Å². The van der Waals surface area contributed by atoms with Gasteiger partial charge in [-0.1, -0.05) is 19.4 Å². The molecule has 2 aromatic heterocycles. The Kier molecular flexibility index (Phi) is 3.49. The topological polar surface area (TPSA) is 33.6 Å². The van der Waals surface area contributed by atoms with Gasteiger partial charge >= 0.3 is 0 Å². The van der Waals surface area contributed by atoms with E-state index in [1.54, 1.807) is 11.3 Å². The molecular weight excluding hydrogens is 250 g/mol. The molecule has 2 aromatic rings. The van der Waals surface area contributed by atoms with Crippen LogP contribution in [0, 0.1) is 4.77 Å². The molecule has 0 bridgehead atoms. The van der Waals surface area contributed by atoms with E-state index in [2.05, 4.69) is 47.0 Å². The first-order valence-electron chi connectivity index (χ1n) is 5.78. The van der Waals surface area contributed by atoms with Crippen LogP contribution in [0.25, 0.3) is 10.7 Å². The van der Waals surface area contributed by atoms with Gasteiger partial charge in [0.25, 0.3) is 0 Å². The molecule has 17 heavy (non-hydrogen) atoms. The normalized spacial score (nSPS) is 11.9. The minimum absolute atomic E-state index is 0.00183. The number of nitrogens with one attached hydrogen (secondary N) is 1. The lowest BCUT2D eigenvalue weighted by Crippen LogP contribution is -2.26. The van der Waals surface area contributed by atoms with Crippen molar-refractivity contribution in [3.63, 3.8) is 0 Å². The number of thiophene rings is 1. The summed E-state index contributed by atoms with van der Waals surface area (Å²) in [5.41, 5.74) is -0.00183. The largest absolute Gasteiger partial charge is 0.294 e. The summed E-state index contributed by atoms with van der Waals surface area (Å²) in [6, 6.07) is 4.11. The first-order chi connectivity index (χ1) is 8.06. The maximum atomic E-state index is 5.36. The molecule has 0 spiro atoms. The highest BCUT2D eigenvalue weighted by Gasteiger charge is 2.24. The zero-order chi connectivity index (χ0) is 12.5. The van der Waals surface area contributed by atoms with Gasteiger partial charge < -0.3 is 0 Å². The smallest absolute Gasteiger partial charge is 0.195 e. The second kappa shape index (κ2) is 4.74. The summed E-state index contributed by atoms with van der Waals surface area (Å²) in [6.45, 7) is 6.61. The SMILES string of the molecule is CCCC(C)(C)n1c(-c2cccs2)n[nH]c1=S. The monoisotopic (exact) mass is 267 g/mol. The number of hydrogen-bond acceptors (Lipinski definition) is 3. The summed E-state index contributed by atoms with van der Waals surface area (Å²) in [4.78, 5) is 1.15. The lowest BCUT2D eigenvalue weighted by molar-refractivity contribution is 0.323. The lowest BCUT2D eigenvalue weighted by atomic mass is 9.98. The Bertz CT molecular complexity index is 534. The molecule has 0 unspecified atom stereocenters. The molecule has 0 radical (unpaired) electrons. The van der Waals surface area contributed by atoms with Gasteiger partial charge in [-0.2, -0.15) is 5.10 Å². The Morgan fingerprint density at radius 3 is 2.88 bits per heavy atom. The summed E-state index contributed by atoms with van der Waals surface area (Å²) in [5.74, 6) is 0.948. The van der Waals surface area contributed by atoms with Gasteiger partial charge in [-0.15, -0.1) is 11.3 Å². The highest BCUT2D eigenvalue weighted by Crippen LogP contribution is 2.30. The quantitative estimate of drug-likeness (QED) is 0.842. The first-order valence-corrected chi connectivity index (χ1v) is 7.07. The highest BCUT2D eigenvalue weighted by atomic mass is 32.1. The van der Waals surface area contributed by atoms with Crippen molar-refractivity contribution in [1.29, 1.82) is 0 Å². The van der Waals surface area contributed by atoms with Gasteiger partial charge in [0.15, 0.2) is 10.6 Å². The number of rotatable bonds is 4. The van der Waals surface area contributed by atoms with E-state index in [0.717, 1.165) is 23.5 Å². The van der Waals surface area contributed by atoms with Gasteiger partial charge in [-0.05, 0) is 43.9 Å². The molecule has 92 valence electrons. The number of hydrogen-bond donors (Lipinski definition) is 1. The van der Waals surface area contributed by atoms with Crippen LogP contribution in [0.3, 0.4) is 0 Å². The zero-order valence-electron chi connectivity index (χ0n) is 10.4. The molecule has 0 saturated heterocycles. The molecule has 3 nitrogen and oxygen atoms in total. The Balaban J connectivity index is 2.54. The molecule has 2 heterocycles. The molecule has 1 N–H and O–H groups in total. The van der Waals surface area contributed by atoms with Gasteiger partial charge in [0.05, 0.1) is 4.88 Å². The van der Waals surface area contributed by atoms with Crippen LogP contribution in [0.1, 0.15) is 33.6 Å². The Morgan fingerprint density at radius 1 is 1.53 bits per heavy atom. The third kappa shape index (κ3) is 2.35. The van der Waals surface area contributed by atoms with Gasteiger partial charge in [-0.3, -0.25) is 9.67 Å².